The molecule has 2 N–H and O–H groups in total. The van der Waals surface area contributed by atoms with Gasteiger partial charge in [-0.3, -0.25) is 0 Å². The summed E-state index contributed by atoms with van der Waals surface area (Å²) in [4.78, 5) is 10.3. The number of aliphatic carboxylic acids is 1. The fourth-order valence-corrected chi connectivity index (χ4v) is 1.30. The Hall–Kier alpha value is -2.63. The maximum absolute atomic E-state index is 10.3. The summed E-state index contributed by atoms with van der Waals surface area (Å²) in [5.74, 6) is -0.654. The minimum Gasteiger partial charge on any atom is -0.508 e. The molecule has 0 bridgehead atoms. The third-order valence-electron chi connectivity index (χ3n) is 2.27. The van der Waals surface area contributed by atoms with E-state index < -0.39 is 5.97 Å². The zero-order chi connectivity index (χ0) is 13.1. The normalized spacial score (nSPS) is 10.9. The molecular formula is C12H10N2O4. The highest BCUT2D eigenvalue weighted by atomic mass is 16.4. The smallest absolute Gasteiger partial charge is 0.328 e. The van der Waals surface area contributed by atoms with E-state index in [1.807, 2.05) is 0 Å². The SMILES string of the molecule is Cc1ccc(-c2nnc(/C=C/C(=O)O)o2)cc1O. The number of aromatic hydroxyl groups is 1. The highest BCUT2D eigenvalue weighted by Crippen LogP contribution is 2.25. The molecule has 0 aliphatic heterocycles. The van der Waals surface area contributed by atoms with Crippen LogP contribution in [0.15, 0.2) is 28.7 Å². The first-order valence-electron chi connectivity index (χ1n) is 5.11. The van der Waals surface area contributed by atoms with Gasteiger partial charge in [-0.1, -0.05) is 6.07 Å². The Morgan fingerprint density at radius 1 is 1.39 bits per heavy atom. The number of aryl methyl sites for hydroxylation is 1. The molecule has 0 atom stereocenters. The second-order valence-corrected chi connectivity index (χ2v) is 3.62. The zero-order valence-electron chi connectivity index (χ0n) is 9.49. The summed E-state index contributed by atoms with van der Waals surface area (Å²) in [7, 11) is 0. The van der Waals surface area contributed by atoms with E-state index >= 15 is 0 Å². The highest BCUT2D eigenvalue weighted by molar-refractivity contribution is 5.84. The Labute approximate surface area is 102 Å². The monoisotopic (exact) mass is 246 g/mol. The Balaban J connectivity index is 2.29. The molecule has 1 heterocycles. The molecule has 0 saturated heterocycles. The minimum absolute atomic E-state index is 0.0902. The van der Waals surface area contributed by atoms with Crippen molar-refractivity contribution in [3.63, 3.8) is 0 Å². The van der Waals surface area contributed by atoms with Gasteiger partial charge in [0.25, 0.3) is 0 Å². The predicted molar refractivity (Wildman–Crippen MR) is 62.8 cm³/mol. The number of carboxylic acid groups (broad SMARTS) is 1. The van der Waals surface area contributed by atoms with E-state index in [4.69, 9.17) is 9.52 Å². The fourth-order valence-electron chi connectivity index (χ4n) is 1.30. The van der Waals surface area contributed by atoms with E-state index in [9.17, 15) is 9.90 Å². The van der Waals surface area contributed by atoms with Gasteiger partial charge in [-0.05, 0) is 24.6 Å². The number of carbonyl (C=O) groups is 1. The molecule has 0 aliphatic carbocycles. The summed E-state index contributed by atoms with van der Waals surface area (Å²) in [6, 6.07) is 4.96. The number of rotatable bonds is 3. The average molecular weight is 246 g/mol. The Morgan fingerprint density at radius 3 is 2.83 bits per heavy atom. The molecule has 2 aromatic rings. The standard InChI is InChI=1S/C12H10N2O4/c1-7-2-3-8(6-9(7)15)12-14-13-10(18-12)4-5-11(16)17/h2-6,15H,1H3,(H,16,17)/b5-4+. The molecule has 0 unspecified atom stereocenters. The van der Waals surface area contributed by atoms with Crippen LogP contribution in [0.1, 0.15) is 11.5 Å². The van der Waals surface area contributed by atoms with Gasteiger partial charge in [0.2, 0.25) is 11.8 Å². The molecule has 1 aromatic carbocycles. The van der Waals surface area contributed by atoms with Crippen LogP contribution in [0.5, 0.6) is 5.75 Å². The van der Waals surface area contributed by atoms with Gasteiger partial charge in [-0.2, -0.15) is 0 Å². The van der Waals surface area contributed by atoms with Crippen LogP contribution in [0.25, 0.3) is 17.5 Å². The van der Waals surface area contributed by atoms with Gasteiger partial charge < -0.3 is 14.6 Å². The van der Waals surface area contributed by atoms with Crippen LogP contribution >= 0.6 is 0 Å². The summed E-state index contributed by atoms with van der Waals surface area (Å²) in [6.07, 6.45) is 2.11. The molecule has 6 heteroatoms. The summed E-state index contributed by atoms with van der Waals surface area (Å²) in [6.45, 7) is 1.77. The molecule has 1 aromatic heterocycles. The number of carboxylic acids is 1. The number of phenolic OH excluding ortho intramolecular Hbond substituents is 1. The second kappa shape index (κ2) is 4.70. The number of nitrogens with zero attached hydrogens (tertiary/aromatic N) is 2. The van der Waals surface area contributed by atoms with Crippen LogP contribution in [0, 0.1) is 6.92 Å². The number of phenols is 1. The quantitative estimate of drug-likeness (QED) is 0.802. The van der Waals surface area contributed by atoms with Gasteiger partial charge in [-0.25, -0.2) is 4.79 Å². The van der Waals surface area contributed by atoms with E-state index in [1.165, 1.54) is 12.1 Å². The molecule has 0 spiro atoms. The van der Waals surface area contributed by atoms with Crippen molar-refractivity contribution < 1.29 is 19.4 Å². The molecule has 0 fully saturated rings. The minimum atomic E-state index is -1.09. The zero-order valence-corrected chi connectivity index (χ0v) is 9.49. The maximum Gasteiger partial charge on any atom is 0.328 e. The molecule has 0 saturated carbocycles. The lowest BCUT2D eigenvalue weighted by Crippen LogP contribution is -1.85. The first-order chi connectivity index (χ1) is 8.56. The predicted octanol–water partition coefficient (Wildman–Crippen LogP) is 1.85. The fraction of sp³-hybridized carbons (Fsp3) is 0.0833. The van der Waals surface area contributed by atoms with Crippen molar-refractivity contribution in [3.05, 3.63) is 35.7 Å². The highest BCUT2D eigenvalue weighted by Gasteiger charge is 2.08. The van der Waals surface area contributed by atoms with Crippen LogP contribution in [-0.2, 0) is 4.79 Å². The lowest BCUT2D eigenvalue weighted by Gasteiger charge is -1.99. The molecule has 6 nitrogen and oxygen atoms in total. The van der Waals surface area contributed by atoms with Crippen molar-refractivity contribution in [2.24, 2.45) is 0 Å². The van der Waals surface area contributed by atoms with Crippen molar-refractivity contribution in [2.45, 2.75) is 6.92 Å². The maximum atomic E-state index is 10.3. The van der Waals surface area contributed by atoms with Crippen LogP contribution in [-0.4, -0.2) is 26.4 Å². The van der Waals surface area contributed by atoms with Crippen molar-refractivity contribution >= 4 is 12.0 Å². The van der Waals surface area contributed by atoms with Gasteiger partial charge in [0, 0.05) is 17.7 Å². The number of aromatic nitrogens is 2. The largest absolute Gasteiger partial charge is 0.508 e. The van der Waals surface area contributed by atoms with E-state index in [-0.39, 0.29) is 17.5 Å². The van der Waals surface area contributed by atoms with E-state index in [0.717, 1.165) is 11.6 Å². The van der Waals surface area contributed by atoms with Gasteiger partial charge >= 0.3 is 5.97 Å². The van der Waals surface area contributed by atoms with Gasteiger partial charge in [0.05, 0.1) is 0 Å². The molecule has 2 rings (SSSR count). The van der Waals surface area contributed by atoms with E-state index in [1.54, 1.807) is 19.1 Å². The summed E-state index contributed by atoms with van der Waals surface area (Å²) in [5.41, 5.74) is 1.31. The summed E-state index contributed by atoms with van der Waals surface area (Å²) in [5, 5.41) is 25.5. The average Bonchev–Trinajstić information content (AvgIpc) is 2.79. The first-order valence-corrected chi connectivity index (χ1v) is 5.11. The third kappa shape index (κ3) is 2.54. The molecule has 0 radical (unpaired) electrons. The molecule has 0 amide bonds. The van der Waals surface area contributed by atoms with Crippen molar-refractivity contribution in [3.8, 4) is 17.2 Å². The Bertz CT molecular complexity index is 616. The van der Waals surface area contributed by atoms with Crippen LogP contribution in [0.4, 0.5) is 0 Å². The molecule has 18 heavy (non-hydrogen) atoms. The van der Waals surface area contributed by atoms with E-state index in [2.05, 4.69) is 10.2 Å². The van der Waals surface area contributed by atoms with E-state index in [0.29, 0.717) is 5.56 Å². The van der Waals surface area contributed by atoms with Crippen LogP contribution in [0.3, 0.4) is 0 Å². The van der Waals surface area contributed by atoms with Gasteiger partial charge in [0.1, 0.15) is 5.75 Å². The lowest BCUT2D eigenvalue weighted by molar-refractivity contribution is -0.131. The van der Waals surface area contributed by atoms with Crippen molar-refractivity contribution in [1.29, 1.82) is 0 Å². The number of benzene rings is 1. The molecular weight excluding hydrogens is 236 g/mol. The molecule has 92 valence electrons. The second-order valence-electron chi connectivity index (χ2n) is 3.62. The van der Waals surface area contributed by atoms with Crippen molar-refractivity contribution in [2.75, 3.05) is 0 Å². The number of hydrogen-bond acceptors (Lipinski definition) is 5. The summed E-state index contributed by atoms with van der Waals surface area (Å²) < 4.78 is 5.23. The number of hydrogen-bond donors (Lipinski definition) is 2. The molecule has 0 aliphatic rings. The van der Waals surface area contributed by atoms with Crippen LogP contribution in [0.2, 0.25) is 0 Å². The Kier molecular flexibility index (Phi) is 3.09. The topological polar surface area (TPSA) is 96.5 Å². The lowest BCUT2D eigenvalue weighted by atomic mass is 10.1. The van der Waals surface area contributed by atoms with Crippen molar-refractivity contribution in [1.82, 2.24) is 10.2 Å². The first kappa shape index (κ1) is 11.8. The van der Waals surface area contributed by atoms with Gasteiger partial charge in [0.15, 0.2) is 0 Å². The Morgan fingerprint density at radius 2 is 2.17 bits per heavy atom. The van der Waals surface area contributed by atoms with Gasteiger partial charge in [-0.15, -0.1) is 10.2 Å². The van der Waals surface area contributed by atoms with Crippen LogP contribution < -0.4 is 0 Å². The third-order valence-corrected chi connectivity index (χ3v) is 2.27. The summed E-state index contributed by atoms with van der Waals surface area (Å²) >= 11 is 0.